The highest BCUT2D eigenvalue weighted by Gasteiger charge is 2.27. The molecule has 2 nitrogen and oxygen atoms in total. The molecule has 0 amide bonds. The van der Waals surface area contributed by atoms with Gasteiger partial charge < -0.3 is 10.6 Å². The lowest BCUT2D eigenvalue weighted by atomic mass is 9.90. The van der Waals surface area contributed by atoms with Crippen LogP contribution in [0.15, 0.2) is 12.7 Å². The normalized spacial score (nSPS) is 14.8. The lowest BCUT2D eigenvalue weighted by Crippen LogP contribution is -2.52. The van der Waals surface area contributed by atoms with Crippen LogP contribution in [-0.2, 0) is 0 Å². The third-order valence-corrected chi connectivity index (χ3v) is 2.74. The van der Waals surface area contributed by atoms with Crippen LogP contribution in [0.4, 0.5) is 0 Å². The third-order valence-electron chi connectivity index (χ3n) is 2.74. The Morgan fingerprint density at radius 3 is 2.33 bits per heavy atom. The van der Waals surface area contributed by atoms with Crippen molar-refractivity contribution in [3.05, 3.63) is 12.7 Å². The zero-order valence-electron chi connectivity index (χ0n) is 8.80. The van der Waals surface area contributed by atoms with Crippen LogP contribution in [0.2, 0.25) is 0 Å². The molecule has 2 N–H and O–H groups in total. The monoisotopic (exact) mass is 170 g/mol. The molecule has 0 heterocycles. The molecule has 0 aliphatic rings. The minimum Gasteiger partial charge on any atom is -0.326 e. The van der Waals surface area contributed by atoms with E-state index in [9.17, 15) is 0 Å². The first-order chi connectivity index (χ1) is 5.42. The number of allylic oxidation sites excluding steroid dienone is 1. The Balaban J connectivity index is 4.05. The van der Waals surface area contributed by atoms with Gasteiger partial charge in [-0.2, -0.15) is 0 Å². The molecule has 0 aromatic rings. The summed E-state index contributed by atoms with van der Waals surface area (Å²) >= 11 is 0. The summed E-state index contributed by atoms with van der Waals surface area (Å²) in [5, 5.41) is 0. The number of nitrogens with zero attached hydrogens (tertiary/aromatic N) is 1. The van der Waals surface area contributed by atoms with E-state index in [0.29, 0.717) is 0 Å². The average molecular weight is 170 g/mol. The van der Waals surface area contributed by atoms with Gasteiger partial charge in [-0.1, -0.05) is 6.08 Å². The lowest BCUT2D eigenvalue weighted by Gasteiger charge is -2.38. The van der Waals surface area contributed by atoms with Crippen molar-refractivity contribution in [3.8, 4) is 0 Å². The van der Waals surface area contributed by atoms with E-state index in [0.717, 1.165) is 12.8 Å². The molecule has 2 heteroatoms. The zero-order chi connectivity index (χ0) is 9.78. The van der Waals surface area contributed by atoms with Crippen LogP contribution in [0, 0.1) is 0 Å². The molecule has 1 unspecified atom stereocenters. The van der Waals surface area contributed by atoms with E-state index in [2.05, 4.69) is 39.4 Å². The minimum absolute atomic E-state index is 0.0724. The lowest BCUT2D eigenvalue weighted by molar-refractivity contribution is 0.154. The summed E-state index contributed by atoms with van der Waals surface area (Å²) in [5.74, 6) is 0. The Hall–Kier alpha value is -0.340. The third kappa shape index (κ3) is 2.95. The van der Waals surface area contributed by atoms with E-state index >= 15 is 0 Å². The first kappa shape index (κ1) is 11.7. The minimum atomic E-state index is 0.0724. The molecule has 12 heavy (non-hydrogen) atoms. The van der Waals surface area contributed by atoms with E-state index < -0.39 is 0 Å². The van der Waals surface area contributed by atoms with Gasteiger partial charge in [0.15, 0.2) is 0 Å². The Morgan fingerprint density at radius 2 is 2.00 bits per heavy atom. The maximum Gasteiger partial charge on any atom is 0.0298 e. The molecular formula is C10H22N2. The van der Waals surface area contributed by atoms with Crippen LogP contribution < -0.4 is 5.73 Å². The summed E-state index contributed by atoms with van der Waals surface area (Å²) in [6, 6.07) is 0.213. The van der Waals surface area contributed by atoms with Crippen LogP contribution >= 0.6 is 0 Å². The molecular weight excluding hydrogens is 148 g/mol. The first-order valence-corrected chi connectivity index (χ1v) is 4.46. The number of nitrogens with two attached hydrogens (primary N) is 1. The smallest absolute Gasteiger partial charge is 0.0298 e. The molecule has 0 fully saturated rings. The van der Waals surface area contributed by atoms with Crippen molar-refractivity contribution < 1.29 is 0 Å². The van der Waals surface area contributed by atoms with Gasteiger partial charge in [0.2, 0.25) is 0 Å². The van der Waals surface area contributed by atoms with Gasteiger partial charge in [0, 0.05) is 11.6 Å². The highest BCUT2D eigenvalue weighted by molar-refractivity contribution is 4.90. The van der Waals surface area contributed by atoms with Crippen LogP contribution in [0.5, 0.6) is 0 Å². The van der Waals surface area contributed by atoms with Crippen LogP contribution in [-0.4, -0.2) is 30.6 Å². The fourth-order valence-electron chi connectivity index (χ4n) is 0.982. The second kappa shape index (κ2) is 4.63. The van der Waals surface area contributed by atoms with Crippen molar-refractivity contribution in [2.24, 2.45) is 5.73 Å². The molecule has 0 radical (unpaired) electrons. The van der Waals surface area contributed by atoms with Crippen LogP contribution in [0.3, 0.4) is 0 Å². The van der Waals surface area contributed by atoms with Crippen molar-refractivity contribution in [2.75, 3.05) is 14.1 Å². The predicted molar refractivity (Wildman–Crippen MR) is 55.2 cm³/mol. The van der Waals surface area contributed by atoms with Crippen molar-refractivity contribution in [3.63, 3.8) is 0 Å². The van der Waals surface area contributed by atoms with Gasteiger partial charge in [-0.3, -0.25) is 0 Å². The van der Waals surface area contributed by atoms with Crippen molar-refractivity contribution in [1.29, 1.82) is 0 Å². The zero-order valence-corrected chi connectivity index (χ0v) is 8.80. The largest absolute Gasteiger partial charge is 0.326 e. The van der Waals surface area contributed by atoms with Gasteiger partial charge in [0.25, 0.3) is 0 Å². The van der Waals surface area contributed by atoms with Crippen molar-refractivity contribution >= 4 is 0 Å². The summed E-state index contributed by atoms with van der Waals surface area (Å²) in [6.45, 7) is 8.03. The molecule has 0 saturated heterocycles. The topological polar surface area (TPSA) is 29.3 Å². The summed E-state index contributed by atoms with van der Waals surface area (Å²) in [6.07, 6.45) is 3.93. The van der Waals surface area contributed by atoms with E-state index in [1.54, 1.807) is 0 Å². The average Bonchev–Trinajstić information content (AvgIpc) is 1.99. The maximum atomic E-state index is 6.05. The van der Waals surface area contributed by atoms with E-state index in [1.807, 2.05) is 6.08 Å². The molecule has 0 rings (SSSR count). The van der Waals surface area contributed by atoms with Crippen LogP contribution in [0.25, 0.3) is 0 Å². The fourth-order valence-corrected chi connectivity index (χ4v) is 0.982. The number of hydrogen-bond acceptors (Lipinski definition) is 2. The predicted octanol–water partition coefficient (Wildman–Crippen LogP) is 1.62. The van der Waals surface area contributed by atoms with Crippen LogP contribution in [0.1, 0.15) is 26.7 Å². The summed E-state index contributed by atoms with van der Waals surface area (Å²) in [5.41, 5.74) is 6.12. The molecule has 0 saturated carbocycles. The molecule has 0 aliphatic heterocycles. The quantitative estimate of drug-likeness (QED) is 0.635. The van der Waals surface area contributed by atoms with Gasteiger partial charge in [0.05, 0.1) is 0 Å². The van der Waals surface area contributed by atoms with E-state index in [1.165, 1.54) is 0 Å². The van der Waals surface area contributed by atoms with Gasteiger partial charge in [-0.15, -0.1) is 6.58 Å². The van der Waals surface area contributed by atoms with Gasteiger partial charge in [0.1, 0.15) is 0 Å². The molecule has 72 valence electrons. The summed E-state index contributed by atoms with van der Waals surface area (Å²) in [7, 11) is 4.13. The highest BCUT2D eigenvalue weighted by atomic mass is 15.2. The molecule has 0 spiro atoms. The second-order valence-corrected chi connectivity index (χ2v) is 4.02. The Labute approximate surface area is 76.4 Å². The molecule has 0 aliphatic carbocycles. The second-order valence-electron chi connectivity index (χ2n) is 4.02. The molecule has 0 aromatic carbocycles. The fraction of sp³-hybridized carbons (Fsp3) is 0.800. The Morgan fingerprint density at radius 1 is 1.50 bits per heavy atom. The van der Waals surface area contributed by atoms with Gasteiger partial charge >= 0.3 is 0 Å². The molecule has 0 bridgehead atoms. The Bertz CT molecular complexity index is 139. The van der Waals surface area contributed by atoms with Crippen molar-refractivity contribution in [2.45, 2.75) is 38.3 Å². The Kier molecular flexibility index (Phi) is 4.50. The summed E-state index contributed by atoms with van der Waals surface area (Å²) in [4.78, 5) is 2.17. The van der Waals surface area contributed by atoms with Gasteiger partial charge in [-0.05, 0) is 40.8 Å². The molecule has 0 aromatic heterocycles. The number of likely N-dealkylation sites (N-methyl/N-ethyl adjacent to an activating group) is 1. The van der Waals surface area contributed by atoms with Crippen molar-refractivity contribution in [1.82, 2.24) is 4.90 Å². The maximum absolute atomic E-state index is 6.05. The van der Waals surface area contributed by atoms with E-state index in [-0.39, 0.29) is 11.6 Å². The highest BCUT2D eigenvalue weighted by Crippen LogP contribution is 2.17. The standard InChI is InChI=1S/C10H22N2/c1-6-7-8-9(11)10(2,3)12(4)5/h6,9H,1,7-8,11H2,2-5H3. The SMILES string of the molecule is C=CCCC(N)C(C)(C)N(C)C. The first-order valence-electron chi connectivity index (χ1n) is 4.46. The molecule has 1 atom stereocenters. The summed E-state index contributed by atoms with van der Waals surface area (Å²) < 4.78 is 0. The van der Waals surface area contributed by atoms with E-state index in [4.69, 9.17) is 5.73 Å². The van der Waals surface area contributed by atoms with Gasteiger partial charge in [-0.25, -0.2) is 0 Å². The number of hydrogen-bond donors (Lipinski definition) is 1. The number of rotatable bonds is 5.